The fourth-order valence-corrected chi connectivity index (χ4v) is 2.76. The number of carbonyl (C=O) groups is 1. The molecule has 0 bridgehead atoms. The summed E-state index contributed by atoms with van der Waals surface area (Å²) in [6.07, 6.45) is 1.80. The number of hydrogen-bond acceptors (Lipinski definition) is 4. The molecule has 0 heterocycles. The van der Waals surface area contributed by atoms with Crippen molar-refractivity contribution in [2.24, 2.45) is 16.5 Å². The van der Waals surface area contributed by atoms with E-state index in [0.29, 0.717) is 24.6 Å². The van der Waals surface area contributed by atoms with Gasteiger partial charge in [-0.1, -0.05) is 13.0 Å². The van der Waals surface area contributed by atoms with Crippen LogP contribution in [0.15, 0.2) is 28.8 Å². The molecule has 1 aliphatic rings. The van der Waals surface area contributed by atoms with Gasteiger partial charge < -0.3 is 16.8 Å². The molecule has 1 aromatic carbocycles. The van der Waals surface area contributed by atoms with E-state index in [1.807, 2.05) is 30.1 Å². The molecule has 5 N–H and O–H groups in total. The summed E-state index contributed by atoms with van der Waals surface area (Å²) in [5.41, 5.74) is 16.3. The summed E-state index contributed by atoms with van der Waals surface area (Å²) >= 11 is 0. The van der Waals surface area contributed by atoms with Gasteiger partial charge in [0.25, 0.3) is 5.91 Å². The second kappa shape index (κ2) is 8.08. The molecule has 2 rings (SSSR count). The molecule has 1 aromatic rings. The number of nitrogens with two attached hydrogens (primary N) is 2. The van der Waals surface area contributed by atoms with Crippen LogP contribution in [0, 0.1) is 0 Å². The number of amides is 1. The summed E-state index contributed by atoms with van der Waals surface area (Å²) in [7, 11) is 1.91. The smallest absolute Gasteiger partial charge is 0.251 e. The van der Waals surface area contributed by atoms with Crippen LogP contribution < -0.4 is 16.8 Å². The third-order valence-corrected chi connectivity index (χ3v) is 4.17. The molecular weight excluding hydrogens is 302 g/mol. The highest BCUT2D eigenvalue weighted by Crippen LogP contribution is 2.35. The monoisotopic (exact) mass is 329 g/mol. The van der Waals surface area contributed by atoms with E-state index in [-0.39, 0.29) is 5.91 Å². The van der Waals surface area contributed by atoms with Crippen LogP contribution in [0.4, 0.5) is 0 Å². The highest BCUT2D eigenvalue weighted by atomic mass is 16.1. The minimum atomic E-state index is -0.0824. The van der Waals surface area contributed by atoms with E-state index in [1.54, 1.807) is 6.92 Å². The normalized spacial score (nSPS) is 14.3. The Labute approximate surface area is 143 Å². The zero-order chi connectivity index (χ0) is 17.7. The predicted octanol–water partition coefficient (Wildman–Crippen LogP) is 1.32. The fourth-order valence-electron chi connectivity index (χ4n) is 2.76. The number of nitrogens with zero attached hydrogens (tertiary/aromatic N) is 2. The molecule has 6 heteroatoms. The SMILES string of the molecule is CCC1=C(N=C(C)N)c2cc(C(=O)NCCN(C)CN)ccc2C1. The predicted molar refractivity (Wildman–Crippen MR) is 98.7 cm³/mol. The maximum Gasteiger partial charge on any atom is 0.251 e. The van der Waals surface area contributed by atoms with E-state index in [2.05, 4.69) is 17.2 Å². The van der Waals surface area contributed by atoms with Gasteiger partial charge in [0.05, 0.1) is 11.5 Å². The lowest BCUT2D eigenvalue weighted by Crippen LogP contribution is -2.35. The topological polar surface area (TPSA) is 96.7 Å². The highest BCUT2D eigenvalue weighted by Gasteiger charge is 2.21. The van der Waals surface area contributed by atoms with Crippen molar-refractivity contribution >= 4 is 17.4 Å². The van der Waals surface area contributed by atoms with Crippen molar-refractivity contribution in [1.82, 2.24) is 10.2 Å². The van der Waals surface area contributed by atoms with E-state index < -0.39 is 0 Å². The summed E-state index contributed by atoms with van der Waals surface area (Å²) in [5.74, 6) is 0.449. The van der Waals surface area contributed by atoms with Gasteiger partial charge in [0, 0.05) is 30.9 Å². The van der Waals surface area contributed by atoms with Gasteiger partial charge in [0.15, 0.2) is 0 Å². The van der Waals surface area contributed by atoms with Crippen molar-refractivity contribution < 1.29 is 4.79 Å². The molecule has 0 saturated carbocycles. The van der Waals surface area contributed by atoms with Crippen LogP contribution >= 0.6 is 0 Å². The van der Waals surface area contributed by atoms with Crippen molar-refractivity contribution in [3.05, 3.63) is 40.5 Å². The van der Waals surface area contributed by atoms with Gasteiger partial charge in [-0.05, 0) is 50.1 Å². The van der Waals surface area contributed by atoms with E-state index in [1.165, 1.54) is 11.1 Å². The van der Waals surface area contributed by atoms with Crippen molar-refractivity contribution in [2.75, 3.05) is 26.8 Å². The number of hydrogen-bond donors (Lipinski definition) is 3. The lowest BCUT2D eigenvalue weighted by Gasteiger charge is -2.14. The Bertz CT molecular complexity index is 674. The molecule has 1 amide bonds. The number of rotatable bonds is 7. The summed E-state index contributed by atoms with van der Waals surface area (Å²) in [6, 6.07) is 5.80. The van der Waals surface area contributed by atoms with Gasteiger partial charge in [0.2, 0.25) is 0 Å². The molecule has 24 heavy (non-hydrogen) atoms. The molecule has 1 aliphatic carbocycles. The van der Waals surface area contributed by atoms with Crippen molar-refractivity contribution in [2.45, 2.75) is 26.7 Å². The first-order valence-electron chi connectivity index (χ1n) is 8.29. The maximum absolute atomic E-state index is 12.4. The molecule has 0 atom stereocenters. The minimum Gasteiger partial charge on any atom is -0.387 e. The molecule has 0 aromatic heterocycles. The number of amidine groups is 1. The molecule has 0 spiro atoms. The average Bonchev–Trinajstić information content (AvgIpc) is 2.90. The zero-order valence-electron chi connectivity index (χ0n) is 14.7. The van der Waals surface area contributed by atoms with E-state index in [0.717, 1.165) is 30.6 Å². The highest BCUT2D eigenvalue weighted by molar-refractivity contribution is 5.96. The van der Waals surface area contributed by atoms with Crippen LogP contribution in [0.2, 0.25) is 0 Å². The molecule has 130 valence electrons. The lowest BCUT2D eigenvalue weighted by atomic mass is 10.0. The van der Waals surface area contributed by atoms with E-state index in [4.69, 9.17) is 11.5 Å². The van der Waals surface area contributed by atoms with Gasteiger partial charge in [-0.25, -0.2) is 4.99 Å². The fraction of sp³-hybridized carbons (Fsp3) is 0.444. The zero-order valence-corrected chi connectivity index (χ0v) is 14.7. The van der Waals surface area contributed by atoms with Crippen molar-refractivity contribution in [3.8, 4) is 0 Å². The molecule has 6 nitrogen and oxygen atoms in total. The summed E-state index contributed by atoms with van der Waals surface area (Å²) in [6.45, 7) is 5.65. The summed E-state index contributed by atoms with van der Waals surface area (Å²) in [5, 5.41) is 2.92. The molecule has 0 unspecified atom stereocenters. The Morgan fingerprint density at radius 3 is 2.79 bits per heavy atom. The van der Waals surface area contributed by atoms with Crippen molar-refractivity contribution in [1.29, 1.82) is 0 Å². The third-order valence-electron chi connectivity index (χ3n) is 4.17. The number of aliphatic imine (C=N–C) groups is 1. The lowest BCUT2D eigenvalue weighted by molar-refractivity contribution is 0.0950. The number of allylic oxidation sites excluding steroid dienone is 1. The van der Waals surface area contributed by atoms with Crippen molar-refractivity contribution in [3.63, 3.8) is 0 Å². The number of carbonyl (C=O) groups excluding carboxylic acids is 1. The standard InChI is InChI=1S/C18H27N5O/c1-4-13-9-14-5-6-15(10-16(14)17(13)22-12(2)20)18(24)21-7-8-23(3)11-19/h5-6,10H,4,7-9,11,19H2,1-3H3,(H2,20,22)(H,21,24). The second-order valence-electron chi connectivity index (χ2n) is 6.13. The number of likely N-dealkylation sites (N-methyl/N-ethyl adjacent to an activating group) is 1. The largest absolute Gasteiger partial charge is 0.387 e. The van der Waals surface area contributed by atoms with Crippen LogP contribution in [0.3, 0.4) is 0 Å². The van der Waals surface area contributed by atoms with E-state index in [9.17, 15) is 4.79 Å². The van der Waals surface area contributed by atoms with Crippen LogP contribution in [-0.4, -0.2) is 43.4 Å². The summed E-state index contributed by atoms with van der Waals surface area (Å²) in [4.78, 5) is 18.8. The van der Waals surface area contributed by atoms with Crippen LogP contribution in [0.25, 0.3) is 5.70 Å². The van der Waals surface area contributed by atoms with Crippen LogP contribution in [0.5, 0.6) is 0 Å². The first-order chi connectivity index (χ1) is 11.5. The number of nitrogens with one attached hydrogen (secondary N) is 1. The Morgan fingerprint density at radius 1 is 1.42 bits per heavy atom. The van der Waals surface area contributed by atoms with Gasteiger partial charge in [-0.2, -0.15) is 0 Å². The first kappa shape index (κ1) is 18.2. The Balaban J connectivity index is 2.18. The summed E-state index contributed by atoms with van der Waals surface area (Å²) < 4.78 is 0. The quantitative estimate of drug-likeness (QED) is 0.399. The molecule has 0 fully saturated rings. The van der Waals surface area contributed by atoms with Gasteiger partial charge in [-0.3, -0.25) is 9.69 Å². The Morgan fingerprint density at radius 2 is 2.17 bits per heavy atom. The molecule has 0 radical (unpaired) electrons. The molecule has 0 aliphatic heterocycles. The Hall–Kier alpha value is -2.18. The van der Waals surface area contributed by atoms with E-state index >= 15 is 0 Å². The molecular formula is C18H27N5O. The number of fused-ring (bicyclic) bond motifs is 1. The van der Waals surface area contributed by atoms with Crippen LogP contribution in [-0.2, 0) is 6.42 Å². The maximum atomic E-state index is 12.4. The number of benzene rings is 1. The van der Waals surface area contributed by atoms with Crippen LogP contribution in [0.1, 0.15) is 41.8 Å². The van der Waals surface area contributed by atoms with Gasteiger partial charge in [0.1, 0.15) is 0 Å². The first-order valence-corrected chi connectivity index (χ1v) is 8.29. The molecule has 0 saturated heterocycles. The van der Waals surface area contributed by atoms with Gasteiger partial charge >= 0.3 is 0 Å². The second-order valence-corrected chi connectivity index (χ2v) is 6.13. The Kier molecular flexibility index (Phi) is 6.11. The van der Waals surface area contributed by atoms with Gasteiger partial charge in [-0.15, -0.1) is 0 Å². The third kappa shape index (κ3) is 4.21. The minimum absolute atomic E-state index is 0.0824. The average molecular weight is 329 g/mol.